The molecule has 0 bridgehead atoms. The highest BCUT2D eigenvalue weighted by Gasteiger charge is 2.14. The zero-order valence-electron chi connectivity index (χ0n) is 14.0. The van der Waals surface area contributed by atoms with Crippen molar-refractivity contribution in [3.05, 3.63) is 74.0 Å². The Bertz CT molecular complexity index is 1100. The third-order valence-corrected chi connectivity index (χ3v) is 5.20. The van der Waals surface area contributed by atoms with Crippen molar-refractivity contribution in [3.63, 3.8) is 0 Å². The van der Waals surface area contributed by atoms with E-state index in [4.69, 9.17) is 34.8 Å². The SMILES string of the molecule is O=C(CSc1nc(O)cc(=O)n1-c1cccc(Cl)c1)Nc1ccc(Cl)cc1Cl. The summed E-state index contributed by atoms with van der Waals surface area (Å²) in [6.07, 6.45) is 0. The van der Waals surface area contributed by atoms with Crippen LogP contribution in [0.2, 0.25) is 15.1 Å². The molecule has 6 nitrogen and oxygen atoms in total. The smallest absolute Gasteiger partial charge is 0.262 e. The van der Waals surface area contributed by atoms with Gasteiger partial charge in [0, 0.05) is 10.0 Å². The number of thioether (sulfide) groups is 1. The van der Waals surface area contributed by atoms with Gasteiger partial charge in [0.2, 0.25) is 11.8 Å². The van der Waals surface area contributed by atoms with Gasteiger partial charge in [0.1, 0.15) is 0 Å². The van der Waals surface area contributed by atoms with E-state index >= 15 is 0 Å². The normalized spacial score (nSPS) is 10.7. The van der Waals surface area contributed by atoms with E-state index in [1.54, 1.807) is 36.4 Å². The maximum Gasteiger partial charge on any atom is 0.262 e. The summed E-state index contributed by atoms with van der Waals surface area (Å²) in [5.74, 6) is -0.883. The monoisotopic (exact) mass is 455 g/mol. The number of nitrogens with zero attached hydrogens (tertiary/aromatic N) is 2. The molecular formula is C18H12Cl3N3O3S. The van der Waals surface area contributed by atoms with Gasteiger partial charge in [0.25, 0.3) is 5.56 Å². The number of hydrogen-bond donors (Lipinski definition) is 2. The van der Waals surface area contributed by atoms with E-state index < -0.39 is 11.4 Å². The first kappa shape index (κ1) is 20.5. The minimum absolute atomic E-state index is 0.0740. The first-order valence-electron chi connectivity index (χ1n) is 7.80. The predicted molar refractivity (Wildman–Crippen MR) is 112 cm³/mol. The van der Waals surface area contributed by atoms with E-state index in [2.05, 4.69) is 10.3 Å². The Morgan fingerprint density at radius 2 is 1.86 bits per heavy atom. The number of rotatable bonds is 5. The highest BCUT2D eigenvalue weighted by molar-refractivity contribution is 7.99. The Morgan fingerprint density at radius 3 is 2.57 bits per heavy atom. The molecule has 0 fully saturated rings. The number of aromatic nitrogens is 2. The van der Waals surface area contributed by atoms with Gasteiger partial charge in [0.05, 0.1) is 28.2 Å². The molecule has 3 aromatic rings. The van der Waals surface area contributed by atoms with Crippen LogP contribution < -0.4 is 10.9 Å². The molecule has 28 heavy (non-hydrogen) atoms. The number of amides is 1. The van der Waals surface area contributed by atoms with Crippen molar-refractivity contribution in [2.45, 2.75) is 5.16 Å². The van der Waals surface area contributed by atoms with Crippen molar-refractivity contribution in [2.75, 3.05) is 11.1 Å². The highest BCUT2D eigenvalue weighted by Crippen LogP contribution is 2.26. The quantitative estimate of drug-likeness (QED) is 0.432. The molecule has 0 aliphatic heterocycles. The van der Waals surface area contributed by atoms with E-state index in [-0.39, 0.29) is 16.8 Å². The summed E-state index contributed by atoms with van der Waals surface area (Å²) in [5, 5.41) is 13.7. The van der Waals surface area contributed by atoms with Crippen molar-refractivity contribution in [1.82, 2.24) is 9.55 Å². The third kappa shape index (κ3) is 4.99. The minimum atomic E-state index is -0.501. The van der Waals surface area contributed by atoms with Crippen molar-refractivity contribution in [2.24, 2.45) is 0 Å². The fourth-order valence-electron chi connectivity index (χ4n) is 2.31. The number of aromatic hydroxyl groups is 1. The summed E-state index contributed by atoms with van der Waals surface area (Å²) in [5.41, 5.74) is 0.375. The van der Waals surface area contributed by atoms with Crippen LogP contribution in [0.1, 0.15) is 0 Å². The van der Waals surface area contributed by atoms with Crippen LogP contribution in [0, 0.1) is 0 Å². The maximum atomic E-state index is 12.4. The Morgan fingerprint density at radius 1 is 1.11 bits per heavy atom. The zero-order chi connectivity index (χ0) is 20.3. The van der Waals surface area contributed by atoms with Crippen LogP contribution in [0.4, 0.5) is 5.69 Å². The van der Waals surface area contributed by atoms with E-state index in [1.165, 1.54) is 10.6 Å². The lowest BCUT2D eigenvalue weighted by Crippen LogP contribution is -2.21. The second kappa shape index (κ2) is 8.87. The average Bonchev–Trinajstić information content (AvgIpc) is 2.62. The van der Waals surface area contributed by atoms with Crippen LogP contribution in [0.5, 0.6) is 5.88 Å². The van der Waals surface area contributed by atoms with Gasteiger partial charge in [-0.25, -0.2) is 0 Å². The molecule has 1 aromatic heterocycles. The van der Waals surface area contributed by atoms with Gasteiger partial charge >= 0.3 is 0 Å². The molecule has 0 radical (unpaired) electrons. The fourth-order valence-corrected chi connectivity index (χ4v) is 3.76. The molecule has 144 valence electrons. The average molecular weight is 457 g/mol. The lowest BCUT2D eigenvalue weighted by Gasteiger charge is -2.12. The highest BCUT2D eigenvalue weighted by atomic mass is 35.5. The molecule has 2 N–H and O–H groups in total. The fraction of sp³-hybridized carbons (Fsp3) is 0.0556. The number of benzene rings is 2. The third-order valence-electron chi connectivity index (χ3n) is 3.48. The molecule has 2 aromatic carbocycles. The van der Waals surface area contributed by atoms with Gasteiger partial charge in [-0.05, 0) is 36.4 Å². The lowest BCUT2D eigenvalue weighted by atomic mass is 10.3. The van der Waals surface area contributed by atoms with Crippen LogP contribution in [0.3, 0.4) is 0 Å². The topological polar surface area (TPSA) is 84.2 Å². The maximum absolute atomic E-state index is 12.4. The first-order valence-corrected chi connectivity index (χ1v) is 9.92. The van der Waals surface area contributed by atoms with Crippen LogP contribution in [-0.2, 0) is 4.79 Å². The van der Waals surface area contributed by atoms with E-state index in [9.17, 15) is 14.7 Å². The Balaban J connectivity index is 1.82. The summed E-state index contributed by atoms with van der Waals surface area (Å²) in [7, 11) is 0. The van der Waals surface area contributed by atoms with E-state index in [0.29, 0.717) is 26.4 Å². The number of halogens is 3. The zero-order valence-corrected chi connectivity index (χ0v) is 17.1. The Labute approximate surface area is 179 Å². The van der Waals surface area contributed by atoms with Crippen LogP contribution in [0.15, 0.2) is 58.5 Å². The summed E-state index contributed by atoms with van der Waals surface area (Å²) in [6.45, 7) is 0. The summed E-state index contributed by atoms with van der Waals surface area (Å²) in [6, 6.07) is 12.3. The van der Waals surface area contributed by atoms with Crippen molar-refractivity contribution >= 4 is 58.2 Å². The van der Waals surface area contributed by atoms with E-state index in [0.717, 1.165) is 17.8 Å². The van der Waals surface area contributed by atoms with Gasteiger partial charge in [-0.15, -0.1) is 0 Å². The predicted octanol–water partition coefficient (Wildman–Crippen LogP) is 4.63. The molecule has 0 saturated heterocycles. The Hall–Kier alpha value is -2.19. The summed E-state index contributed by atoms with van der Waals surface area (Å²) >= 11 is 18.9. The van der Waals surface area contributed by atoms with Crippen LogP contribution >= 0.6 is 46.6 Å². The van der Waals surface area contributed by atoms with Crippen LogP contribution in [0.25, 0.3) is 5.69 Å². The first-order chi connectivity index (χ1) is 13.3. The van der Waals surface area contributed by atoms with Crippen LogP contribution in [-0.4, -0.2) is 26.3 Å². The molecule has 0 saturated carbocycles. The van der Waals surface area contributed by atoms with Gasteiger partial charge in [-0.2, -0.15) is 4.98 Å². The summed E-state index contributed by atoms with van der Waals surface area (Å²) < 4.78 is 1.26. The molecule has 0 unspecified atom stereocenters. The second-order valence-corrected chi connectivity index (χ2v) is 7.73. The number of anilines is 1. The molecule has 0 aliphatic rings. The molecule has 1 amide bonds. The van der Waals surface area contributed by atoms with E-state index in [1.807, 2.05) is 0 Å². The number of carbonyl (C=O) groups excluding carboxylic acids is 1. The van der Waals surface area contributed by atoms with Gasteiger partial charge in [-0.1, -0.05) is 52.6 Å². The van der Waals surface area contributed by atoms with Gasteiger partial charge in [0.15, 0.2) is 5.16 Å². The number of hydrogen-bond acceptors (Lipinski definition) is 5. The van der Waals surface area contributed by atoms with Gasteiger partial charge < -0.3 is 10.4 Å². The molecule has 10 heteroatoms. The van der Waals surface area contributed by atoms with Gasteiger partial charge in [-0.3, -0.25) is 14.2 Å². The van der Waals surface area contributed by atoms with Crippen molar-refractivity contribution < 1.29 is 9.90 Å². The molecular weight excluding hydrogens is 445 g/mol. The van der Waals surface area contributed by atoms with Crippen molar-refractivity contribution in [1.29, 1.82) is 0 Å². The number of nitrogens with one attached hydrogen (secondary N) is 1. The molecule has 0 aliphatic carbocycles. The molecule has 3 rings (SSSR count). The molecule has 0 atom stereocenters. The van der Waals surface area contributed by atoms with Crippen molar-refractivity contribution in [3.8, 4) is 11.6 Å². The largest absolute Gasteiger partial charge is 0.493 e. The minimum Gasteiger partial charge on any atom is -0.493 e. The molecule has 1 heterocycles. The molecule has 0 spiro atoms. The second-order valence-electron chi connectivity index (χ2n) is 5.51. The standard InChI is InChI=1S/C18H12Cl3N3O3S/c19-10-2-1-3-12(6-10)24-17(27)8-15(25)23-18(24)28-9-16(26)22-14-5-4-11(20)7-13(14)21/h1-8,25H,9H2,(H,22,26). The Kier molecular flexibility index (Phi) is 6.51. The summed E-state index contributed by atoms with van der Waals surface area (Å²) in [4.78, 5) is 28.6. The number of carbonyl (C=O) groups is 1. The lowest BCUT2D eigenvalue weighted by molar-refractivity contribution is -0.113.